The molecule has 1 atom stereocenters. The fraction of sp³-hybridized carbons (Fsp3) is 0.632. The third kappa shape index (κ3) is 4.14. The third-order valence-electron chi connectivity index (χ3n) is 5.07. The molecule has 26 heavy (non-hydrogen) atoms. The Morgan fingerprint density at radius 2 is 2.19 bits per heavy atom. The first-order valence-corrected chi connectivity index (χ1v) is 11.0. The van der Waals surface area contributed by atoms with Gasteiger partial charge in [-0.15, -0.1) is 21.5 Å². The predicted octanol–water partition coefficient (Wildman–Crippen LogP) is 3.92. The van der Waals surface area contributed by atoms with E-state index in [0.717, 1.165) is 23.3 Å². The smallest absolute Gasteiger partial charge is 0.230 e. The van der Waals surface area contributed by atoms with Crippen LogP contribution >= 0.6 is 23.1 Å². The Kier molecular flexibility index (Phi) is 5.77. The Bertz CT molecular complexity index is 788. The second-order valence-electron chi connectivity index (χ2n) is 7.97. The molecule has 1 amide bonds. The molecule has 0 aliphatic heterocycles. The zero-order chi connectivity index (χ0) is 18.9. The van der Waals surface area contributed by atoms with Gasteiger partial charge in [-0.1, -0.05) is 32.5 Å². The van der Waals surface area contributed by atoms with E-state index in [1.165, 1.54) is 39.9 Å². The lowest BCUT2D eigenvalue weighted by Crippen LogP contribution is -2.26. The highest BCUT2D eigenvalue weighted by atomic mass is 32.2. The van der Waals surface area contributed by atoms with Crippen molar-refractivity contribution in [1.82, 2.24) is 20.1 Å². The fourth-order valence-electron chi connectivity index (χ4n) is 3.41. The summed E-state index contributed by atoms with van der Waals surface area (Å²) in [7, 11) is 1.98. The van der Waals surface area contributed by atoms with E-state index in [2.05, 4.69) is 42.4 Å². The maximum absolute atomic E-state index is 11.7. The van der Waals surface area contributed by atoms with Gasteiger partial charge in [0.1, 0.15) is 0 Å². The van der Waals surface area contributed by atoms with E-state index < -0.39 is 0 Å². The maximum atomic E-state index is 11.7. The summed E-state index contributed by atoms with van der Waals surface area (Å²) in [6.45, 7) is 9.61. The lowest BCUT2D eigenvalue weighted by atomic mass is 9.72. The fourth-order valence-corrected chi connectivity index (χ4v) is 5.38. The molecule has 3 rings (SSSR count). The molecule has 0 bridgehead atoms. The molecule has 0 unspecified atom stereocenters. The number of nitrogens with zero attached hydrogens (tertiary/aromatic N) is 3. The van der Waals surface area contributed by atoms with Gasteiger partial charge in [0.2, 0.25) is 5.91 Å². The summed E-state index contributed by atoms with van der Waals surface area (Å²) >= 11 is 3.28. The first kappa shape index (κ1) is 19.4. The molecule has 5 nitrogen and oxygen atoms in total. The third-order valence-corrected chi connectivity index (χ3v) is 7.32. The van der Waals surface area contributed by atoms with Gasteiger partial charge in [0.05, 0.1) is 10.6 Å². The topological polar surface area (TPSA) is 59.8 Å². The van der Waals surface area contributed by atoms with Crippen molar-refractivity contribution in [3.63, 3.8) is 0 Å². The van der Waals surface area contributed by atoms with Crippen molar-refractivity contribution in [1.29, 1.82) is 0 Å². The van der Waals surface area contributed by atoms with Crippen LogP contribution in [0.3, 0.4) is 0 Å². The van der Waals surface area contributed by atoms with Gasteiger partial charge in [-0.25, -0.2) is 0 Å². The van der Waals surface area contributed by atoms with Gasteiger partial charge in [0.25, 0.3) is 0 Å². The van der Waals surface area contributed by atoms with E-state index >= 15 is 0 Å². The van der Waals surface area contributed by atoms with Crippen molar-refractivity contribution in [2.45, 2.75) is 52.1 Å². The second kappa shape index (κ2) is 7.72. The van der Waals surface area contributed by atoms with Gasteiger partial charge in [-0.2, -0.15) is 0 Å². The molecular weight excluding hydrogens is 364 g/mol. The number of nitrogens with one attached hydrogen (secondary N) is 1. The van der Waals surface area contributed by atoms with E-state index in [1.807, 2.05) is 29.9 Å². The highest BCUT2D eigenvalue weighted by molar-refractivity contribution is 7.99. The molecule has 0 saturated carbocycles. The van der Waals surface area contributed by atoms with Gasteiger partial charge < -0.3 is 9.88 Å². The Hall–Kier alpha value is -1.34. The molecule has 2 aromatic heterocycles. The van der Waals surface area contributed by atoms with Crippen molar-refractivity contribution >= 4 is 29.0 Å². The minimum Gasteiger partial charge on any atom is -0.356 e. The molecule has 1 N–H and O–H groups in total. The van der Waals surface area contributed by atoms with Crippen LogP contribution in [0.1, 0.15) is 44.6 Å². The van der Waals surface area contributed by atoms with Gasteiger partial charge in [0, 0.05) is 18.5 Å². The molecule has 2 heterocycles. The molecule has 0 saturated heterocycles. The van der Waals surface area contributed by atoms with Crippen molar-refractivity contribution < 1.29 is 4.79 Å². The summed E-state index contributed by atoms with van der Waals surface area (Å²) in [6, 6.07) is 2.31. The van der Waals surface area contributed by atoms with Crippen molar-refractivity contribution in [2.24, 2.45) is 18.4 Å². The highest BCUT2D eigenvalue weighted by Crippen LogP contribution is 2.42. The van der Waals surface area contributed by atoms with Crippen LogP contribution in [0.15, 0.2) is 11.2 Å². The van der Waals surface area contributed by atoms with Crippen LogP contribution in [0, 0.1) is 11.3 Å². The zero-order valence-electron chi connectivity index (χ0n) is 16.3. The largest absolute Gasteiger partial charge is 0.356 e. The van der Waals surface area contributed by atoms with E-state index in [1.54, 1.807) is 0 Å². The summed E-state index contributed by atoms with van der Waals surface area (Å²) < 4.78 is 2.00. The predicted molar refractivity (Wildman–Crippen MR) is 109 cm³/mol. The normalized spacial score (nSPS) is 17.2. The van der Waals surface area contributed by atoms with Crippen LogP contribution in [0.2, 0.25) is 0 Å². The number of aromatic nitrogens is 3. The van der Waals surface area contributed by atoms with E-state index in [9.17, 15) is 4.79 Å². The Morgan fingerprint density at radius 1 is 1.42 bits per heavy atom. The summed E-state index contributed by atoms with van der Waals surface area (Å²) in [5.74, 6) is 2.03. The molecule has 2 aromatic rings. The van der Waals surface area contributed by atoms with Crippen LogP contribution in [0.5, 0.6) is 0 Å². The van der Waals surface area contributed by atoms with Crippen molar-refractivity contribution in [3.05, 3.63) is 16.5 Å². The van der Waals surface area contributed by atoms with Gasteiger partial charge in [0.15, 0.2) is 11.0 Å². The average Bonchev–Trinajstić information content (AvgIpc) is 3.14. The molecule has 0 aromatic carbocycles. The number of carbonyl (C=O) groups excluding carboxylic acids is 1. The maximum Gasteiger partial charge on any atom is 0.230 e. The molecule has 0 radical (unpaired) electrons. The Balaban J connectivity index is 1.75. The first-order valence-electron chi connectivity index (χ1n) is 9.20. The number of carbonyl (C=O) groups is 1. The number of rotatable bonds is 5. The highest BCUT2D eigenvalue weighted by Gasteiger charge is 2.30. The molecule has 1 aliphatic rings. The molecule has 1 aliphatic carbocycles. The summed E-state index contributed by atoms with van der Waals surface area (Å²) in [5, 5.41) is 12.3. The first-order chi connectivity index (χ1) is 12.3. The van der Waals surface area contributed by atoms with Gasteiger partial charge in [-0.3, -0.25) is 4.79 Å². The second-order valence-corrected chi connectivity index (χ2v) is 10.1. The summed E-state index contributed by atoms with van der Waals surface area (Å²) in [6.07, 6.45) is 3.59. The van der Waals surface area contributed by atoms with Crippen molar-refractivity contribution in [3.8, 4) is 10.7 Å². The van der Waals surface area contributed by atoms with Crippen LogP contribution in [-0.2, 0) is 24.7 Å². The van der Waals surface area contributed by atoms with Crippen molar-refractivity contribution in [2.75, 3.05) is 12.3 Å². The number of hydrogen-bond donors (Lipinski definition) is 1. The molecule has 142 valence electrons. The Morgan fingerprint density at radius 3 is 2.88 bits per heavy atom. The van der Waals surface area contributed by atoms with Crippen LogP contribution < -0.4 is 5.32 Å². The lowest BCUT2D eigenvalue weighted by Gasteiger charge is -2.33. The van der Waals surface area contributed by atoms with Crippen LogP contribution in [0.25, 0.3) is 10.7 Å². The Labute approximate surface area is 164 Å². The number of aryl methyl sites for hydroxylation is 1. The molecule has 0 spiro atoms. The SMILES string of the molecule is CCNC(=O)CSc1nnc(-c2cc3c(s2)CC[C@@H](C(C)(C)C)C3)n1C. The number of fused-ring (bicyclic) bond motifs is 1. The molecule has 0 fully saturated rings. The monoisotopic (exact) mass is 392 g/mol. The summed E-state index contributed by atoms with van der Waals surface area (Å²) in [5.41, 5.74) is 1.84. The summed E-state index contributed by atoms with van der Waals surface area (Å²) in [4.78, 5) is 14.3. The van der Waals surface area contributed by atoms with Gasteiger partial charge >= 0.3 is 0 Å². The lowest BCUT2D eigenvalue weighted by molar-refractivity contribution is -0.118. The number of hydrogen-bond acceptors (Lipinski definition) is 5. The standard InChI is InChI=1S/C19H28N4OS2/c1-6-20-16(24)11-25-18-22-21-17(23(18)5)15-10-12-9-13(19(2,3)4)7-8-14(12)26-15/h10,13H,6-9,11H2,1-5H3,(H,20,24)/t13-/m1/s1. The number of thioether (sulfide) groups is 1. The number of thiophene rings is 1. The van der Waals surface area contributed by atoms with E-state index in [-0.39, 0.29) is 5.91 Å². The zero-order valence-corrected chi connectivity index (χ0v) is 17.9. The number of amides is 1. The molecular formula is C19H28N4OS2. The minimum atomic E-state index is 0.0295. The minimum absolute atomic E-state index is 0.0295. The quantitative estimate of drug-likeness (QED) is 0.784. The van der Waals surface area contributed by atoms with Crippen LogP contribution in [-0.4, -0.2) is 33.0 Å². The van der Waals surface area contributed by atoms with Gasteiger partial charge in [-0.05, 0) is 49.1 Å². The van der Waals surface area contributed by atoms with E-state index in [4.69, 9.17) is 0 Å². The van der Waals surface area contributed by atoms with Crippen LogP contribution in [0.4, 0.5) is 0 Å². The molecule has 7 heteroatoms. The average molecular weight is 393 g/mol. The van der Waals surface area contributed by atoms with E-state index in [0.29, 0.717) is 17.7 Å².